The number of carbonyl (C=O) groups is 2. The van der Waals surface area contributed by atoms with E-state index in [-0.39, 0.29) is 5.91 Å². The average Bonchev–Trinajstić information content (AvgIpc) is 3.01. The number of amides is 2. The number of carbonyl (C=O) groups excluding carboxylic acids is 2. The Morgan fingerprint density at radius 1 is 0.935 bits per heavy atom. The highest BCUT2D eigenvalue weighted by molar-refractivity contribution is 6.05. The molecule has 162 valence electrons. The number of hydrogen-bond acceptors (Lipinski definition) is 4. The quantitative estimate of drug-likeness (QED) is 0.592. The highest BCUT2D eigenvalue weighted by Crippen LogP contribution is 2.22. The van der Waals surface area contributed by atoms with Crippen LogP contribution in [0.4, 0.5) is 16.2 Å². The van der Waals surface area contributed by atoms with Crippen molar-refractivity contribution in [3.8, 4) is 5.69 Å². The molecule has 3 aromatic rings. The molecule has 1 heterocycles. The van der Waals surface area contributed by atoms with Crippen LogP contribution in [0.25, 0.3) is 5.69 Å². The number of aromatic nitrogens is 2. The van der Waals surface area contributed by atoms with Crippen LogP contribution in [0.2, 0.25) is 0 Å². The summed E-state index contributed by atoms with van der Waals surface area (Å²) in [6.45, 7) is 11.2. The van der Waals surface area contributed by atoms with Gasteiger partial charge in [0.1, 0.15) is 5.60 Å². The lowest BCUT2D eigenvalue weighted by Crippen LogP contribution is -2.27. The average molecular weight is 421 g/mol. The molecular formula is C24H28N4O3. The van der Waals surface area contributed by atoms with Gasteiger partial charge in [0.25, 0.3) is 5.91 Å². The van der Waals surface area contributed by atoms with Gasteiger partial charge >= 0.3 is 6.09 Å². The minimum absolute atomic E-state index is 0.238. The van der Waals surface area contributed by atoms with E-state index in [1.807, 2.05) is 49.7 Å². The maximum atomic E-state index is 12.8. The summed E-state index contributed by atoms with van der Waals surface area (Å²) >= 11 is 0. The number of ether oxygens (including phenoxy) is 1. The van der Waals surface area contributed by atoms with Gasteiger partial charge in [0.05, 0.1) is 11.4 Å². The number of anilines is 2. The first-order chi connectivity index (χ1) is 14.5. The van der Waals surface area contributed by atoms with Crippen molar-refractivity contribution in [2.45, 2.75) is 47.1 Å². The Labute approximate surface area is 182 Å². The minimum Gasteiger partial charge on any atom is -0.444 e. The van der Waals surface area contributed by atoms with Crippen molar-refractivity contribution in [3.63, 3.8) is 0 Å². The standard InChI is InChI=1S/C24H28N4O3/c1-15-7-10-19(25-23(30)31-24(4,5)6)14-21(15)26-22(29)18-8-11-20(12-9-18)28-17(3)13-16(2)27-28/h7-14H,1-6H3,(H,25,30)(H,26,29). The third kappa shape index (κ3) is 5.72. The molecule has 0 aliphatic carbocycles. The second-order valence-electron chi connectivity index (χ2n) is 8.50. The maximum absolute atomic E-state index is 12.8. The second-order valence-corrected chi connectivity index (χ2v) is 8.50. The van der Waals surface area contributed by atoms with Crippen molar-refractivity contribution in [1.29, 1.82) is 0 Å². The van der Waals surface area contributed by atoms with Crippen molar-refractivity contribution in [1.82, 2.24) is 9.78 Å². The summed E-state index contributed by atoms with van der Waals surface area (Å²) in [7, 11) is 0. The molecule has 2 amide bonds. The third-order valence-corrected chi connectivity index (χ3v) is 4.51. The van der Waals surface area contributed by atoms with Crippen LogP contribution in [0.15, 0.2) is 48.5 Å². The van der Waals surface area contributed by atoms with E-state index >= 15 is 0 Å². The molecular weight excluding hydrogens is 392 g/mol. The van der Waals surface area contributed by atoms with Crippen molar-refractivity contribution in [2.75, 3.05) is 10.6 Å². The lowest BCUT2D eigenvalue weighted by atomic mass is 10.1. The Bertz CT molecular complexity index is 1110. The fourth-order valence-corrected chi connectivity index (χ4v) is 3.09. The zero-order valence-electron chi connectivity index (χ0n) is 18.7. The van der Waals surface area contributed by atoms with Crippen LogP contribution in [0, 0.1) is 20.8 Å². The molecule has 0 saturated carbocycles. The molecule has 0 saturated heterocycles. The first-order valence-electron chi connectivity index (χ1n) is 10.1. The summed E-state index contributed by atoms with van der Waals surface area (Å²) in [4.78, 5) is 24.8. The van der Waals surface area contributed by atoms with Gasteiger partial charge in [-0.3, -0.25) is 10.1 Å². The molecule has 7 heteroatoms. The van der Waals surface area contributed by atoms with E-state index in [4.69, 9.17) is 4.74 Å². The summed E-state index contributed by atoms with van der Waals surface area (Å²) in [5.74, 6) is -0.238. The number of hydrogen-bond donors (Lipinski definition) is 2. The van der Waals surface area contributed by atoms with Crippen LogP contribution < -0.4 is 10.6 Å². The van der Waals surface area contributed by atoms with E-state index in [2.05, 4.69) is 15.7 Å². The Hall–Kier alpha value is -3.61. The zero-order chi connectivity index (χ0) is 22.8. The zero-order valence-corrected chi connectivity index (χ0v) is 18.7. The van der Waals surface area contributed by atoms with Crippen LogP contribution in [-0.2, 0) is 4.74 Å². The summed E-state index contributed by atoms with van der Waals surface area (Å²) < 4.78 is 7.12. The molecule has 0 unspecified atom stereocenters. The highest BCUT2D eigenvalue weighted by atomic mass is 16.6. The smallest absolute Gasteiger partial charge is 0.412 e. The highest BCUT2D eigenvalue weighted by Gasteiger charge is 2.17. The lowest BCUT2D eigenvalue weighted by molar-refractivity contribution is 0.0636. The molecule has 31 heavy (non-hydrogen) atoms. The Morgan fingerprint density at radius 2 is 1.61 bits per heavy atom. The number of nitrogens with one attached hydrogen (secondary N) is 2. The van der Waals surface area contributed by atoms with Crippen LogP contribution in [0.3, 0.4) is 0 Å². The predicted octanol–water partition coefficient (Wildman–Crippen LogP) is 5.40. The molecule has 2 N–H and O–H groups in total. The normalized spacial score (nSPS) is 11.2. The van der Waals surface area contributed by atoms with Crippen molar-refractivity contribution in [3.05, 3.63) is 71.0 Å². The number of nitrogens with zero attached hydrogens (tertiary/aromatic N) is 2. The number of aryl methyl sites for hydroxylation is 3. The molecule has 0 spiro atoms. The van der Waals surface area contributed by atoms with Gasteiger partial charge < -0.3 is 10.1 Å². The van der Waals surface area contributed by atoms with E-state index < -0.39 is 11.7 Å². The monoisotopic (exact) mass is 420 g/mol. The molecule has 3 rings (SSSR count). The van der Waals surface area contributed by atoms with E-state index in [0.29, 0.717) is 16.9 Å². The van der Waals surface area contributed by atoms with Crippen LogP contribution in [0.5, 0.6) is 0 Å². The summed E-state index contributed by atoms with van der Waals surface area (Å²) in [5.41, 5.74) is 4.82. The largest absolute Gasteiger partial charge is 0.444 e. The SMILES string of the molecule is Cc1cc(C)n(-c2ccc(C(=O)Nc3cc(NC(=O)OC(C)(C)C)ccc3C)cc2)n1. The van der Waals surface area contributed by atoms with Crippen molar-refractivity contribution >= 4 is 23.4 Å². The Morgan fingerprint density at radius 3 is 2.19 bits per heavy atom. The Kier molecular flexibility index (Phi) is 6.15. The molecule has 0 fully saturated rings. The fraction of sp³-hybridized carbons (Fsp3) is 0.292. The van der Waals surface area contributed by atoms with Crippen LogP contribution >= 0.6 is 0 Å². The molecule has 0 aliphatic rings. The molecule has 1 aromatic heterocycles. The Balaban J connectivity index is 1.72. The van der Waals surface area contributed by atoms with Gasteiger partial charge in [-0.2, -0.15) is 5.10 Å². The summed E-state index contributed by atoms with van der Waals surface area (Å²) in [5, 5.41) is 10.1. The molecule has 0 bridgehead atoms. The number of benzene rings is 2. The van der Waals surface area contributed by atoms with Crippen molar-refractivity contribution in [2.24, 2.45) is 0 Å². The predicted molar refractivity (Wildman–Crippen MR) is 122 cm³/mol. The molecule has 0 aliphatic heterocycles. The first-order valence-corrected chi connectivity index (χ1v) is 10.1. The van der Waals surface area contributed by atoms with Crippen LogP contribution in [-0.4, -0.2) is 27.4 Å². The van der Waals surface area contributed by atoms with E-state index in [0.717, 1.165) is 22.6 Å². The molecule has 0 radical (unpaired) electrons. The first kappa shape index (κ1) is 22.1. The van der Waals surface area contributed by atoms with Gasteiger partial charge in [-0.05, 0) is 89.6 Å². The van der Waals surface area contributed by atoms with Gasteiger partial charge in [0.15, 0.2) is 0 Å². The van der Waals surface area contributed by atoms with E-state index in [1.165, 1.54) is 0 Å². The van der Waals surface area contributed by atoms with E-state index in [9.17, 15) is 9.59 Å². The van der Waals surface area contributed by atoms with Gasteiger partial charge in [-0.25, -0.2) is 9.48 Å². The second kappa shape index (κ2) is 8.63. The van der Waals surface area contributed by atoms with Crippen molar-refractivity contribution < 1.29 is 14.3 Å². The molecule has 0 atom stereocenters. The molecule has 2 aromatic carbocycles. The van der Waals surface area contributed by atoms with Gasteiger partial charge in [-0.15, -0.1) is 0 Å². The fourth-order valence-electron chi connectivity index (χ4n) is 3.09. The minimum atomic E-state index is -0.592. The summed E-state index contributed by atoms with van der Waals surface area (Å²) in [6, 6.07) is 14.6. The van der Waals surface area contributed by atoms with Crippen LogP contribution in [0.1, 0.15) is 48.1 Å². The topological polar surface area (TPSA) is 85.2 Å². The maximum Gasteiger partial charge on any atom is 0.412 e. The lowest BCUT2D eigenvalue weighted by Gasteiger charge is -2.20. The molecule has 7 nitrogen and oxygen atoms in total. The summed E-state index contributed by atoms with van der Waals surface area (Å²) in [6.07, 6.45) is -0.548. The van der Waals surface area contributed by atoms with Gasteiger partial charge in [-0.1, -0.05) is 6.07 Å². The number of rotatable bonds is 4. The third-order valence-electron chi connectivity index (χ3n) is 4.51. The van der Waals surface area contributed by atoms with Gasteiger partial charge in [0.2, 0.25) is 0 Å². The van der Waals surface area contributed by atoms with E-state index in [1.54, 1.807) is 45.0 Å². The van der Waals surface area contributed by atoms with Gasteiger partial charge in [0, 0.05) is 22.6 Å².